The van der Waals surface area contributed by atoms with Gasteiger partial charge in [0.25, 0.3) is 0 Å². The number of benzene rings is 2. The molecule has 0 saturated heterocycles. The van der Waals surface area contributed by atoms with Gasteiger partial charge in [0.2, 0.25) is 5.91 Å². The van der Waals surface area contributed by atoms with Crippen LogP contribution in [0.2, 0.25) is 0 Å². The summed E-state index contributed by atoms with van der Waals surface area (Å²) in [4.78, 5) is 12.2. The minimum atomic E-state index is -0.00411. The Morgan fingerprint density at radius 1 is 1.03 bits per heavy atom. The van der Waals surface area contributed by atoms with E-state index in [4.69, 9.17) is 4.74 Å². The van der Waals surface area contributed by atoms with Crippen LogP contribution in [0.15, 0.2) is 59.8 Å². The molecule has 6 nitrogen and oxygen atoms in total. The van der Waals surface area contributed by atoms with Crippen LogP contribution < -0.4 is 10.1 Å². The van der Waals surface area contributed by atoms with E-state index in [2.05, 4.69) is 39.1 Å². The highest BCUT2D eigenvalue weighted by Crippen LogP contribution is 2.19. The Bertz CT molecular complexity index is 926. The van der Waals surface area contributed by atoms with Crippen LogP contribution in [0.5, 0.6) is 5.75 Å². The molecule has 158 valence electrons. The Morgan fingerprint density at radius 3 is 2.50 bits per heavy atom. The van der Waals surface area contributed by atoms with Gasteiger partial charge in [-0.2, -0.15) is 0 Å². The third-order valence-electron chi connectivity index (χ3n) is 4.80. The van der Waals surface area contributed by atoms with Crippen LogP contribution in [0, 0.1) is 0 Å². The predicted molar refractivity (Wildman–Crippen MR) is 120 cm³/mol. The number of aryl methyl sites for hydroxylation is 2. The maximum absolute atomic E-state index is 12.2. The first-order valence-electron chi connectivity index (χ1n) is 10.2. The molecule has 1 amide bonds. The van der Waals surface area contributed by atoms with Gasteiger partial charge in [0.15, 0.2) is 5.16 Å². The number of hydrogen-bond donors (Lipinski definition) is 1. The number of nitrogens with one attached hydrogen (secondary N) is 1. The molecule has 30 heavy (non-hydrogen) atoms. The summed E-state index contributed by atoms with van der Waals surface area (Å²) in [6.45, 7) is 3.41. The first-order valence-corrected chi connectivity index (χ1v) is 11.2. The largest absolute Gasteiger partial charge is 0.497 e. The molecule has 1 N–H and O–H groups in total. The summed E-state index contributed by atoms with van der Waals surface area (Å²) in [5, 5.41) is 12.4. The SMILES string of the molecule is CCn1c(CCCc2ccc(OC)cc2)nnc1SCC(=O)NCc1ccccc1. The van der Waals surface area contributed by atoms with Gasteiger partial charge >= 0.3 is 0 Å². The number of carbonyl (C=O) groups is 1. The van der Waals surface area contributed by atoms with Gasteiger partial charge in [0, 0.05) is 19.5 Å². The van der Waals surface area contributed by atoms with Gasteiger partial charge < -0.3 is 14.6 Å². The number of thioether (sulfide) groups is 1. The molecule has 1 aromatic heterocycles. The third-order valence-corrected chi connectivity index (χ3v) is 5.77. The zero-order valence-electron chi connectivity index (χ0n) is 17.5. The molecule has 2 aromatic carbocycles. The van der Waals surface area contributed by atoms with Gasteiger partial charge in [-0.15, -0.1) is 10.2 Å². The zero-order chi connectivity index (χ0) is 21.2. The summed E-state index contributed by atoms with van der Waals surface area (Å²) in [5.74, 6) is 2.17. The maximum atomic E-state index is 12.2. The molecule has 3 rings (SSSR count). The van der Waals surface area contributed by atoms with Gasteiger partial charge in [0.1, 0.15) is 11.6 Å². The monoisotopic (exact) mass is 424 g/mol. The van der Waals surface area contributed by atoms with E-state index in [1.54, 1.807) is 7.11 Å². The number of aromatic nitrogens is 3. The molecule has 0 unspecified atom stereocenters. The minimum absolute atomic E-state index is 0.00411. The van der Waals surface area contributed by atoms with Crippen molar-refractivity contribution in [2.45, 2.75) is 44.4 Å². The molecule has 7 heteroatoms. The van der Waals surface area contributed by atoms with Crippen molar-refractivity contribution >= 4 is 17.7 Å². The molecular weight excluding hydrogens is 396 g/mol. The normalized spacial score (nSPS) is 10.7. The Morgan fingerprint density at radius 2 is 1.80 bits per heavy atom. The van der Waals surface area contributed by atoms with Crippen molar-refractivity contribution in [3.05, 3.63) is 71.5 Å². The van der Waals surface area contributed by atoms with Crippen LogP contribution in [-0.4, -0.2) is 33.5 Å². The van der Waals surface area contributed by atoms with E-state index in [1.807, 2.05) is 42.5 Å². The van der Waals surface area contributed by atoms with Crippen LogP contribution >= 0.6 is 11.8 Å². The fourth-order valence-corrected chi connectivity index (χ4v) is 4.00. The fourth-order valence-electron chi connectivity index (χ4n) is 3.15. The van der Waals surface area contributed by atoms with Crippen molar-refractivity contribution in [1.82, 2.24) is 20.1 Å². The van der Waals surface area contributed by atoms with Crippen LogP contribution in [-0.2, 0) is 30.7 Å². The van der Waals surface area contributed by atoms with Crippen LogP contribution in [0.25, 0.3) is 0 Å². The van der Waals surface area contributed by atoms with E-state index in [-0.39, 0.29) is 5.91 Å². The number of hydrogen-bond acceptors (Lipinski definition) is 5. The highest BCUT2D eigenvalue weighted by molar-refractivity contribution is 7.99. The van der Waals surface area contributed by atoms with Crippen molar-refractivity contribution in [3.63, 3.8) is 0 Å². The molecule has 0 spiro atoms. The smallest absolute Gasteiger partial charge is 0.230 e. The summed E-state index contributed by atoms with van der Waals surface area (Å²) in [6.07, 6.45) is 2.82. The van der Waals surface area contributed by atoms with E-state index in [9.17, 15) is 4.79 Å². The molecule has 0 fully saturated rings. The Balaban J connectivity index is 1.46. The van der Waals surface area contributed by atoms with Crippen molar-refractivity contribution in [2.75, 3.05) is 12.9 Å². The number of amides is 1. The predicted octanol–water partition coefficient (Wildman–Crippen LogP) is 3.89. The van der Waals surface area contributed by atoms with E-state index in [0.717, 1.165) is 48.1 Å². The minimum Gasteiger partial charge on any atom is -0.497 e. The molecule has 0 aliphatic carbocycles. The first-order chi connectivity index (χ1) is 14.7. The number of carbonyl (C=O) groups excluding carboxylic acids is 1. The molecule has 0 saturated carbocycles. The van der Waals surface area contributed by atoms with Gasteiger partial charge in [-0.05, 0) is 43.0 Å². The van der Waals surface area contributed by atoms with Crippen LogP contribution in [0.1, 0.15) is 30.3 Å². The molecule has 0 aliphatic heterocycles. The lowest BCUT2D eigenvalue weighted by Gasteiger charge is -2.08. The van der Waals surface area contributed by atoms with Gasteiger partial charge in [0.05, 0.1) is 12.9 Å². The molecule has 3 aromatic rings. The van der Waals surface area contributed by atoms with Crippen LogP contribution in [0.4, 0.5) is 0 Å². The van der Waals surface area contributed by atoms with E-state index < -0.39 is 0 Å². The van der Waals surface area contributed by atoms with Crippen LogP contribution in [0.3, 0.4) is 0 Å². The lowest BCUT2D eigenvalue weighted by atomic mass is 10.1. The molecule has 0 atom stereocenters. The average Bonchev–Trinajstić information content (AvgIpc) is 3.19. The summed E-state index contributed by atoms with van der Waals surface area (Å²) >= 11 is 1.43. The number of ether oxygens (including phenoxy) is 1. The Kier molecular flexibility index (Phi) is 8.32. The highest BCUT2D eigenvalue weighted by atomic mass is 32.2. The summed E-state index contributed by atoms with van der Waals surface area (Å²) in [6, 6.07) is 18.1. The van der Waals surface area contributed by atoms with Crippen molar-refractivity contribution < 1.29 is 9.53 Å². The van der Waals surface area contributed by atoms with Crippen molar-refractivity contribution in [3.8, 4) is 5.75 Å². The van der Waals surface area contributed by atoms with E-state index in [1.165, 1.54) is 17.3 Å². The lowest BCUT2D eigenvalue weighted by Crippen LogP contribution is -2.24. The second kappa shape index (κ2) is 11.4. The van der Waals surface area contributed by atoms with Crippen molar-refractivity contribution in [2.24, 2.45) is 0 Å². The second-order valence-electron chi connectivity index (χ2n) is 6.90. The molecule has 1 heterocycles. The Labute approximate surface area is 182 Å². The Hall–Kier alpha value is -2.80. The van der Waals surface area contributed by atoms with Gasteiger partial charge in [-0.3, -0.25) is 4.79 Å². The number of rotatable bonds is 11. The third kappa shape index (κ3) is 6.35. The highest BCUT2D eigenvalue weighted by Gasteiger charge is 2.13. The maximum Gasteiger partial charge on any atom is 0.230 e. The fraction of sp³-hybridized carbons (Fsp3) is 0.348. The number of methoxy groups -OCH3 is 1. The summed E-state index contributed by atoms with van der Waals surface area (Å²) in [5.41, 5.74) is 2.37. The second-order valence-corrected chi connectivity index (χ2v) is 7.84. The average molecular weight is 425 g/mol. The summed E-state index contributed by atoms with van der Waals surface area (Å²) < 4.78 is 7.30. The van der Waals surface area contributed by atoms with Crippen molar-refractivity contribution in [1.29, 1.82) is 0 Å². The lowest BCUT2D eigenvalue weighted by molar-refractivity contribution is -0.118. The topological polar surface area (TPSA) is 69.0 Å². The van der Waals surface area contributed by atoms with E-state index >= 15 is 0 Å². The van der Waals surface area contributed by atoms with Gasteiger partial charge in [-0.1, -0.05) is 54.2 Å². The standard InChI is InChI=1S/C23H28N4O2S/c1-3-27-21(11-7-10-18-12-14-20(29-2)15-13-18)25-26-23(27)30-17-22(28)24-16-19-8-5-4-6-9-19/h4-6,8-9,12-15H,3,7,10-11,16-17H2,1-2H3,(H,24,28). The first kappa shape index (κ1) is 21.9. The molecule has 0 radical (unpaired) electrons. The number of nitrogens with zero attached hydrogens (tertiary/aromatic N) is 3. The zero-order valence-corrected chi connectivity index (χ0v) is 18.3. The molecule has 0 aliphatic rings. The summed E-state index contributed by atoms with van der Waals surface area (Å²) in [7, 11) is 1.68. The molecule has 0 bridgehead atoms. The van der Waals surface area contributed by atoms with E-state index in [0.29, 0.717) is 12.3 Å². The molecular formula is C23H28N4O2S. The quantitative estimate of drug-likeness (QED) is 0.473. The van der Waals surface area contributed by atoms with Gasteiger partial charge in [-0.25, -0.2) is 0 Å².